The van der Waals surface area contributed by atoms with E-state index >= 15 is 0 Å². The van der Waals surface area contributed by atoms with Crippen LogP contribution in [-0.4, -0.2) is 23.1 Å². The molecule has 3 N–H and O–H groups in total. The third kappa shape index (κ3) is 5.02. The predicted octanol–water partition coefficient (Wildman–Crippen LogP) is 1.99. The van der Waals surface area contributed by atoms with Crippen LogP contribution in [0.4, 0.5) is 4.79 Å². The largest absolute Gasteiger partial charge is 0.478 e. The van der Waals surface area contributed by atoms with E-state index in [4.69, 9.17) is 11.5 Å². The summed E-state index contributed by atoms with van der Waals surface area (Å²) in [5.41, 5.74) is 0.907. The Balaban J connectivity index is 2.51. The minimum absolute atomic E-state index is 0.192. The molecule has 1 atom stereocenters. The summed E-state index contributed by atoms with van der Waals surface area (Å²) in [5, 5.41) is 14.2. The molecule has 0 aromatic heterocycles. The number of carbonyl (C=O) groups excluding carboxylic acids is 1. The number of carboxylic acids is 1. The van der Waals surface area contributed by atoms with Gasteiger partial charge in [0.2, 0.25) is 0 Å². The van der Waals surface area contributed by atoms with Crippen molar-refractivity contribution in [2.75, 3.05) is 0 Å². The minimum Gasteiger partial charge on any atom is -0.478 e. The van der Waals surface area contributed by atoms with Gasteiger partial charge in [-0.15, -0.1) is 6.42 Å². The maximum absolute atomic E-state index is 11.6. The van der Waals surface area contributed by atoms with Gasteiger partial charge in [0, 0.05) is 6.54 Å². The first-order valence-corrected chi connectivity index (χ1v) is 6.39. The van der Waals surface area contributed by atoms with E-state index in [-0.39, 0.29) is 24.2 Å². The van der Waals surface area contributed by atoms with Gasteiger partial charge in [0.05, 0.1) is 11.6 Å². The number of benzene rings is 1. The number of hydrogen-bond acceptors (Lipinski definition) is 2. The number of rotatable bonds is 6. The molecule has 1 rings (SSSR count). The summed E-state index contributed by atoms with van der Waals surface area (Å²) in [6.45, 7) is 2.23. The Morgan fingerprint density at radius 1 is 1.45 bits per heavy atom. The van der Waals surface area contributed by atoms with Crippen LogP contribution in [0.5, 0.6) is 0 Å². The lowest BCUT2D eigenvalue weighted by Crippen LogP contribution is -2.41. The average molecular weight is 274 g/mol. The van der Waals surface area contributed by atoms with Crippen molar-refractivity contribution in [2.45, 2.75) is 32.4 Å². The second-order valence-corrected chi connectivity index (χ2v) is 4.34. The van der Waals surface area contributed by atoms with E-state index in [2.05, 4.69) is 16.6 Å². The van der Waals surface area contributed by atoms with Crippen LogP contribution in [-0.2, 0) is 6.54 Å². The molecule has 5 nitrogen and oxygen atoms in total. The van der Waals surface area contributed by atoms with Crippen LogP contribution in [0.3, 0.4) is 0 Å². The Bertz CT molecular complexity index is 520. The predicted molar refractivity (Wildman–Crippen MR) is 76.3 cm³/mol. The number of urea groups is 1. The van der Waals surface area contributed by atoms with Crippen molar-refractivity contribution in [3.63, 3.8) is 0 Å². The Kier molecular flexibility index (Phi) is 6.11. The van der Waals surface area contributed by atoms with Crippen molar-refractivity contribution < 1.29 is 14.7 Å². The smallest absolute Gasteiger partial charge is 0.335 e. The molecule has 20 heavy (non-hydrogen) atoms. The van der Waals surface area contributed by atoms with Crippen LogP contribution in [0.1, 0.15) is 35.7 Å². The molecule has 1 aromatic rings. The van der Waals surface area contributed by atoms with Gasteiger partial charge in [-0.3, -0.25) is 0 Å². The zero-order chi connectivity index (χ0) is 15.0. The zero-order valence-electron chi connectivity index (χ0n) is 11.3. The summed E-state index contributed by atoms with van der Waals surface area (Å²) in [7, 11) is 0. The third-order valence-corrected chi connectivity index (χ3v) is 2.71. The number of carboxylic acid groups (broad SMARTS) is 1. The monoisotopic (exact) mass is 274 g/mol. The lowest BCUT2D eigenvalue weighted by atomic mass is 10.1. The summed E-state index contributed by atoms with van der Waals surface area (Å²) in [6, 6.07) is 5.76. The molecule has 1 aromatic carbocycles. The fourth-order valence-corrected chi connectivity index (χ4v) is 1.69. The van der Waals surface area contributed by atoms with E-state index in [1.165, 1.54) is 12.1 Å². The van der Waals surface area contributed by atoms with E-state index in [9.17, 15) is 9.59 Å². The maximum atomic E-state index is 11.6. The first-order chi connectivity index (χ1) is 9.56. The van der Waals surface area contributed by atoms with Crippen LogP contribution in [0.15, 0.2) is 24.3 Å². The van der Waals surface area contributed by atoms with Crippen LogP contribution in [0.2, 0.25) is 0 Å². The van der Waals surface area contributed by atoms with Gasteiger partial charge in [0.1, 0.15) is 0 Å². The van der Waals surface area contributed by atoms with Gasteiger partial charge in [-0.2, -0.15) is 0 Å². The molecule has 0 saturated heterocycles. The van der Waals surface area contributed by atoms with Crippen LogP contribution in [0, 0.1) is 12.3 Å². The SMILES string of the molecule is C#CC(CCC)NC(=O)NCc1cccc(C(=O)O)c1. The van der Waals surface area contributed by atoms with Gasteiger partial charge in [0.25, 0.3) is 0 Å². The molecular formula is C15H18N2O3. The number of terminal acetylenes is 1. The molecule has 106 valence electrons. The molecule has 0 heterocycles. The van der Waals surface area contributed by atoms with E-state index in [0.717, 1.165) is 12.8 Å². The van der Waals surface area contributed by atoms with Gasteiger partial charge in [0.15, 0.2) is 0 Å². The second-order valence-electron chi connectivity index (χ2n) is 4.34. The summed E-state index contributed by atoms with van der Waals surface area (Å²) >= 11 is 0. The summed E-state index contributed by atoms with van der Waals surface area (Å²) < 4.78 is 0. The fraction of sp³-hybridized carbons (Fsp3) is 0.333. The topological polar surface area (TPSA) is 78.4 Å². The molecule has 0 bridgehead atoms. The molecule has 0 fully saturated rings. The molecule has 5 heteroatoms. The molecule has 0 aliphatic heterocycles. The van der Waals surface area contributed by atoms with Gasteiger partial charge in [-0.25, -0.2) is 9.59 Å². The highest BCUT2D eigenvalue weighted by Crippen LogP contribution is 2.05. The highest BCUT2D eigenvalue weighted by Gasteiger charge is 2.08. The summed E-state index contributed by atoms with van der Waals surface area (Å²) in [6.07, 6.45) is 6.92. The Hall–Kier alpha value is -2.48. The van der Waals surface area contributed by atoms with Crippen molar-refractivity contribution in [3.8, 4) is 12.3 Å². The van der Waals surface area contributed by atoms with Gasteiger partial charge >= 0.3 is 12.0 Å². The highest BCUT2D eigenvalue weighted by molar-refractivity contribution is 5.87. The second kappa shape index (κ2) is 7.85. The number of aromatic carboxylic acids is 1. The van der Waals surface area contributed by atoms with E-state index < -0.39 is 5.97 Å². The van der Waals surface area contributed by atoms with Crippen molar-refractivity contribution in [1.29, 1.82) is 0 Å². The van der Waals surface area contributed by atoms with Gasteiger partial charge in [-0.1, -0.05) is 31.4 Å². The first kappa shape index (κ1) is 15.6. The molecule has 1 unspecified atom stereocenters. The zero-order valence-corrected chi connectivity index (χ0v) is 11.3. The summed E-state index contributed by atoms with van der Waals surface area (Å²) in [5.74, 6) is 1.51. The Labute approximate surface area is 118 Å². The van der Waals surface area contributed by atoms with Crippen molar-refractivity contribution in [2.24, 2.45) is 0 Å². The van der Waals surface area contributed by atoms with E-state index in [1.807, 2.05) is 6.92 Å². The van der Waals surface area contributed by atoms with E-state index in [1.54, 1.807) is 12.1 Å². The standard InChI is InChI=1S/C15H18N2O3/c1-3-6-13(4-2)17-15(20)16-10-11-7-5-8-12(9-11)14(18)19/h2,5,7-9,13H,3,6,10H2,1H3,(H,18,19)(H2,16,17,20). The van der Waals surface area contributed by atoms with E-state index in [0.29, 0.717) is 5.56 Å². The van der Waals surface area contributed by atoms with Crippen LogP contribution in [0.25, 0.3) is 0 Å². The van der Waals surface area contributed by atoms with Crippen LogP contribution >= 0.6 is 0 Å². The molecule has 2 amide bonds. The van der Waals surface area contributed by atoms with Gasteiger partial charge < -0.3 is 15.7 Å². The Morgan fingerprint density at radius 3 is 2.80 bits per heavy atom. The number of hydrogen-bond donors (Lipinski definition) is 3. The maximum Gasteiger partial charge on any atom is 0.335 e. The number of amides is 2. The molecular weight excluding hydrogens is 256 g/mol. The first-order valence-electron chi connectivity index (χ1n) is 6.39. The molecule has 0 radical (unpaired) electrons. The van der Waals surface area contributed by atoms with Crippen molar-refractivity contribution >= 4 is 12.0 Å². The molecule has 0 spiro atoms. The number of carbonyl (C=O) groups is 2. The van der Waals surface area contributed by atoms with Crippen molar-refractivity contribution in [1.82, 2.24) is 10.6 Å². The minimum atomic E-state index is -0.994. The van der Waals surface area contributed by atoms with Crippen LogP contribution < -0.4 is 10.6 Å². The fourth-order valence-electron chi connectivity index (χ4n) is 1.69. The lowest BCUT2D eigenvalue weighted by Gasteiger charge is -2.13. The van der Waals surface area contributed by atoms with Gasteiger partial charge in [-0.05, 0) is 24.1 Å². The molecule has 0 aliphatic rings. The third-order valence-electron chi connectivity index (χ3n) is 2.71. The normalized spacial score (nSPS) is 11.2. The van der Waals surface area contributed by atoms with Crippen molar-refractivity contribution in [3.05, 3.63) is 35.4 Å². The Morgan fingerprint density at radius 2 is 2.20 bits per heavy atom. The number of nitrogens with one attached hydrogen (secondary N) is 2. The molecule has 0 saturated carbocycles. The highest BCUT2D eigenvalue weighted by atomic mass is 16.4. The lowest BCUT2D eigenvalue weighted by molar-refractivity contribution is 0.0696. The average Bonchev–Trinajstić information content (AvgIpc) is 2.45. The summed E-state index contributed by atoms with van der Waals surface area (Å²) in [4.78, 5) is 22.5. The molecule has 0 aliphatic carbocycles. The quantitative estimate of drug-likeness (QED) is 0.694.